The van der Waals surface area contributed by atoms with Crippen LogP contribution in [0.3, 0.4) is 0 Å². The molecule has 9 rings (SSSR count). The highest BCUT2D eigenvalue weighted by molar-refractivity contribution is 6.32. The molecule has 2 atom stereocenters. The number of piperidine rings is 3. The van der Waals surface area contributed by atoms with Crippen molar-refractivity contribution in [3.63, 3.8) is 0 Å². The number of carbonyl (C=O) groups excluding carboxylic acids is 4. The van der Waals surface area contributed by atoms with Crippen LogP contribution in [0.1, 0.15) is 78.1 Å². The molecule has 290 valence electrons. The number of hydrogen-bond acceptors (Lipinski definition) is 12. The fraction of sp³-hybridized carbons (Fsp3) is 0.488. The number of halogens is 1. The van der Waals surface area contributed by atoms with E-state index in [0.717, 1.165) is 106 Å². The van der Waals surface area contributed by atoms with Crippen LogP contribution >= 0.6 is 11.6 Å². The Morgan fingerprint density at radius 3 is 2.32 bits per heavy atom. The molecule has 0 radical (unpaired) electrons. The average Bonchev–Trinajstić information content (AvgIpc) is 3.64. The first-order valence-corrected chi connectivity index (χ1v) is 20.1. The van der Waals surface area contributed by atoms with E-state index in [2.05, 4.69) is 43.2 Å². The van der Waals surface area contributed by atoms with Crippen molar-refractivity contribution in [1.29, 1.82) is 5.26 Å². The summed E-state index contributed by atoms with van der Waals surface area (Å²) in [5.74, 6) is -1.21. The Morgan fingerprint density at radius 2 is 1.62 bits per heavy atom. The van der Waals surface area contributed by atoms with E-state index in [1.54, 1.807) is 12.1 Å². The van der Waals surface area contributed by atoms with Crippen LogP contribution in [0.5, 0.6) is 0 Å². The Bertz CT molecular complexity index is 2120. The molecule has 2 N–H and O–H groups in total. The molecule has 56 heavy (non-hydrogen) atoms. The summed E-state index contributed by atoms with van der Waals surface area (Å²) in [6.45, 7) is 8.81. The predicted molar refractivity (Wildman–Crippen MR) is 211 cm³/mol. The van der Waals surface area contributed by atoms with Crippen molar-refractivity contribution >= 4 is 58.2 Å². The Hall–Kier alpha value is -5.26. The number of benzene rings is 2. The minimum absolute atomic E-state index is 0.0932. The molecule has 14 nitrogen and oxygen atoms in total. The van der Waals surface area contributed by atoms with Crippen LogP contribution in [0, 0.1) is 16.7 Å². The van der Waals surface area contributed by atoms with Gasteiger partial charge in [0, 0.05) is 75.7 Å². The number of imide groups is 2. The number of carbonyl (C=O) groups is 4. The average molecular weight is 777 g/mol. The molecule has 15 heteroatoms. The minimum Gasteiger partial charge on any atom is -0.380 e. The minimum atomic E-state index is -0.972. The first-order chi connectivity index (χ1) is 27.1. The second-order valence-corrected chi connectivity index (χ2v) is 16.8. The molecular weight excluding hydrogens is 732 g/mol. The molecule has 5 fully saturated rings. The number of rotatable bonds is 7. The third-order valence-electron chi connectivity index (χ3n) is 13.0. The van der Waals surface area contributed by atoms with Crippen molar-refractivity contribution in [2.75, 3.05) is 65.8 Å². The molecule has 0 aliphatic carbocycles. The van der Waals surface area contributed by atoms with Gasteiger partial charge in [-0.15, -0.1) is 0 Å². The summed E-state index contributed by atoms with van der Waals surface area (Å²) >= 11 is 6.37. The van der Waals surface area contributed by atoms with Crippen LogP contribution in [0.25, 0.3) is 0 Å². The summed E-state index contributed by atoms with van der Waals surface area (Å²) in [6, 6.07) is 13.2. The second kappa shape index (κ2) is 14.4. The van der Waals surface area contributed by atoms with Gasteiger partial charge in [0.05, 0.1) is 45.8 Å². The fourth-order valence-electron chi connectivity index (χ4n) is 9.81. The van der Waals surface area contributed by atoms with Gasteiger partial charge in [-0.3, -0.25) is 34.3 Å². The van der Waals surface area contributed by atoms with Crippen LogP contribution in [0.2, 0.25) is 5.02 Å². The summed E-state index contributed by atoms with van der Waals surface area (Å²) < 4.78 is 0. The predicted octanol–water partition coefficient (Wildman–Crippen LogP) is 4.05. The third kappa shape index (κ3) is 6.60. The van der Waals surface area contributed by atoms with Gasteiger partial charge in [0.2, 0.25) is 17.8 Å². The van der Waals surface area contributed by atoms with Crippen LogP contribution in [-0.2, 0) is 9.59 Å². The van der Waals surface area contributed by atoms with Gasteiger partial charge in [0.1, 0.15) is 12.1 Å². The number of nitrogens with zero attached hydrogens (tertiary/aromatic N) is 8. The molecular formula is C41H45ClN10O4. The molecule has 0 bridgehead atoms. The van der Waals surface area contributed by atoms with Crippen LogP contribution < -0.4 is 25.3 Å². The van der Waals surface area contributed by atoms with Gasteiger partial charge >= 0.3 is 0 Å². The molecule has 1 unspecified atom stereocenters. The highest BCUT2D eigenvalue weighted by Gasteiger charge is 2.46. The standard InChI is InChI=1S/C41H45ClN10O4/c1-25-18-41(24-51(25)30-4-2-26(19-43)34(42)17-30)10-14-48(15-11-41)31-20-44-40(45-21-31)49-12-8-29(9-13-49)50-22-28(23-50)46-27-3-5-32-33(16-27)39(56)52(38(32)55)35-6-7-36(53)47-37(35)54/h2-5,16-17,20-21,25,28-29,35,46H,6-15,18,22-24H2,1H3,(H,47,53,54)/t25-,35?/m0/s1. The van der Waals surface area contributed by atoms with Gasteiger partial charge in [0.15, 0.2) is 0 Å². The lowest BCUT2D eigenvalue weighted by atomic mass is 9.76. The van der Waals surface area contributed by atoms with E-state index in [1.165, 1.54) is 0 Å². The maximum absolute atomic E-state index is 13.2. The zero-order valence-corrected chi connectivity index (χ0v) is 32.2. The number of aromatic nitrogens is 2. The Kier molecular flexibility index (Phi) is 9.32. The van der Waals surface area contributed by atoms with Crippen molar-refractivity contribution in [3.8, 4) is 6.07 Å². The van der Waals surface area contributed by atoms with Gasteiger partial charge in [-0.25, -0.2) is 9.97 Å². The number of hydrogen-bond donors (Lipinski definition) is 2. The van der Waals surface area contributed by atoms with Crippen molar-refractivity contribution in [2.45, 2.75) is 76.0 Å². The van der Waals surface area contributed by atoms with Gasteiger partial charge < -0.3 is 20.0 Å². The summed E-state index contributed by atoms with van der Waals surface area (Å²) in [4.78, 5) is 70.5. The van der Waals surface area contributed by atoms with Gasteiger partial charge in [-0.2, -0.15) is 5.26 Å². The van der Waals surface area contributed by atoms with Gasteiger partial charge in [-0.05, 0) is 87.3 Å². The molecule has 0 saturated carbocycles. The van der Waals surface area contributed by atoms with Crippen molar-refractivity contribution in [2.24, 2.45) is 5.41 Å². The van der Waals surface area contributed by atoms with Crippen molar-refractivity contribution in [3.05, 3.63) is 70.5 Å². The fourth-order valence-corrected chi connectivity index (χ4v) is 10.0. The zero-order chi connectivity index (χ0) is 38.7. The molecule has 5 saturated heterocycles. The lowest BCUT2D eigenvalue weighted by Crippen LogP contribution is -2.60. The Morgan fingerprint density at radius 1 is 0.893 bits per heavy atom. The SMILES string of the molecule is C[C@H]1CC2(CCN(c3cnc(N4CCC(N5CC(Nc6ccc7c(c6)C(=O)N(C6CCC(=O)NC6=O)C7=O)C5)CC4)nc3)CC2)CN1c1ccc(C#N)c(Cl)c1. The van der Waals surface area contributed by atoms with Crippen molar-refractivity contribution < 1.29 is 19.2 Å². The van der Waals surface area contributed by atoms with Crippen molar-refractivity contribution in [1.82, 2.24) is 25.1 Å². The highest BCUT2D eigenvalue weighted by atomic mass is 35.5. The maximum Gasteiger partial charge on any atom is 0.262 e. The van der Waals surface area contributed by atoms with E-state index in [4.69, 9.17) is 21.6 Å². The van der Waals surface area contributed by atoms with E-state index in [9.17, 15) is 24.4 Å². The summed E-state index contributed by atoms with van der Waals surface area (Å²) in [7, 11) is 0. The van der Waals surface area contributed by atoms with Gasteiger partial charge in [-0.1, -0.05) is 11.6 Å². The summed E-state index contributed by atoms with van der Waals surface area (Å²) in [5, 5.41) is 15.5. The number of nitrogens with one attached hydrogen (secondary N) is 2. The van der Waals surface area contributed by atoms with Crippen LogP contribution in [0.15, 0.2) is 48.8 Å². The highest BCUT2D eigenvalue weighted by Crippen LogP contribution is 2.46. The Labute approximate surface area is 330 Å². The van der Waals surface area contributed by atoms with E-state index >= 15 is 0 Å². The maximum atomic E-state index is 13.2. The molecule has 7 heterocycles. The lowest BCUT2D eigenvalue weighted by Gasteiger charge is -2.47. The molecule has 1 spiro atoms. The molecule has 2 aromatic carbocycles. The first kappa shape index (κ1) is 36.4. The van der Waals surface area contributed by atoms with E-state index in [0.29, 0.717) is 22.7 Å². The third-order valence-corrected chi connectivity index (χ3v) is 13.3. The van der Waals surface area contributed by atoms with E-state index in [-0.39, 0.29) is 35.4 Å². The summed E-state index contributed by atoms with van der Waals surface area (Å²) in [6.07, 6.45) is 9.62. The number of likely N-dealkylation sites (tertiary alicyclic amines) is 1. The molecule has 4 amide bonds. The number of nitriles is 1. The zero-order valence-electron chi connectivity index (χ0n) is 31.4. The number of amides is 4. The second-order valence-electron chi connectivity index (χ2n) is 16.4. The lowest BCUT2D eigenvalue weighted by molar-refractivity contribution is -0.136. The van der Waals surface area contributed by atoms with E-state index < -0.39 is 29.7 Å². The number of fused-ring (bicyclic) bond motifs is 1. The largest absolute Gasteiger partial charge is 0.380 e. The number of anilines is 4. The molecule has 6 aliphatic rings. The quantitative estimate of drug-likeness (QED) is 0.333. The topological polar surface area (TPSA) is 158 Å². The normalized spacial score (nSPS) is 24.4. The smallest absolute Gasteiger partial charge is 0.262 e. The molecule has 3 aromatic rings. The summed E-state index contributed by atoms with van der Waals surface area (Å²) in [5.41, 5.74) is 4.28. The monoisotopic (exact) mass is 776 g/mol. The molecule has 6 aliphatic heterocycles. The van der Waals surface area contributed by atoms with Gasteiger partial charge in [0.25, 0.3) is 11.8 Å². The van der Waals surface area contributed by atoms with E-state index in [1.807, 2.05) is 36.7 Å². The Balaban J connectivity index is 0.726. The van der Waals surface area contributed by atoms with Crippen LogP contribution in [0.4, 0.5) is 23.0 Å². The first-order valence-electron chi connectivity index (χ1n) is 19.7. The molecule has 1 aromatic heterocycles. The van der Waals surface area contributed by atoms with Crippen LogP contribution in [-0.4, -0.2) is 113 Å².